The van der Waals surface area contributed by atoms with Gasteiger partial charge in [0.15, 0.2) is 0 Å². The second kappa shape index (κ2) is 6.87. The molecule has 0 aromatic rings. The van der Waals surface area contributed by atoms with Crippen molar-refractivity contribution in [1.82, 2.24) is 4.90 Å². The number of esters is 1. The summed E-state index contributed by atoms with van der Waals surface area (Å²) in [5.41, 5.74) is -0.424. The Hall–Kier alpha value is -0.650. The summed E-state index contributed by atoms with van der Waals surface area (Å²) < 4.78 is 16.4. The smallest absolute Gasteiger partial charge is 0.311 e. The van der Waals surface area contributed by atoms with Crippen molar-refractivity contribution in [3.8, 4) is 0 Å². The van der Waals surface area contributed by atoms with Gasteiger partial charge in [-0.15, -0.1) is 0 Å². The zero-order chi connectivity index (χ0) is 14.6. The molecule has 2 aliphatic rings. The molecular weight excluding hydrogens is 258 g/mol. The van der Waals surface area contributed by atoms with E-state index in [2.05, 4.69) is 4.90 Å². The lowest BCUT2D eigenvalue weighted by molar-refractivity contribution is -0.151. The zero-order valence-corrected chi connectivity index (χ0v) is 12.9. The molecule has 20 heavy (non-hydrogen) atoms. The van der Waals surface area contributed by atoms with Crippen LogP contribution in [0, 0.1) is 5.41 Å². The number of carbonyl (C=O) groups excluding carboxylic acids is 1. The Morgan fingerprint density at radius 1 is 1.30 bits per heavy atom. The van der Waals surface area contributed by atoms with E-state index in [0.29, 0.717) is 0 Å². The Morgan fingerprint density at radius 2 is 2.05 bits per heavy atom. The van der Waals surface area contributed by atoms with Gasteiger partial charge in [0, 0.05) is 19.7 Å². The third-order valence-electron chi connectivity index (χ3n) is 4.35. The summed E-state index contributed by atoms with van der Waals surface area (Å²) in [7, 11) is 1.45. The van der Waals surface area contributed by atoms with Crippen molar-refractivity contribution in [2.45, 2.75) is 45.3 Å². The van der Waals surface area contributed by atoms with Gasteiger partial charge < -0.3 is 14.2 Å². The monoisotopic (exact) mass is 285 g/mol. The Labute approximate surface area is 121 Å². The van der Waals surface area contributed by atoms with Crippen molar-refractivity contribution >= 4 is 5.97 Å². The van der Waals surface area contributed by atoms with E-state index in [4.69, 9.17) is 14.2 Å². The first-order valence-electron chi connectivity index (χ1n) is 7.57. The topological polar surface area (TPSA) is 48.0 Å². The molecule has 0 aromatic heterocycles. The zero-order valence-electron chi connectivity index (χ0n) is 12.9. The Balaban J connectivity index is 1.79. The summed E-state index contributed by atoms with van der Waals surface area (Å²) in [6.45, 7) is 8.23. The predicted molar refractivity (Wildman–Crippen MR) is 75.6 cm³/mol. The molecule has 0 unspecified atom stereocenters. The lowest BCUT2D eigenvalue weighted by Gasteiger charge is -2.36. The fourth-order valence-electron chi connectivity index (χ4n) is 2.87. The standard InChI is InChI=1S/C15H27NO4/c1-15(2,14(17)18-3)6-7-16-8-10-20-13(11-16)12-5-4-9-19-12/h12-13H,4-11H2,1-3H3/t12-,13+/m1/s1. The second-order valence-corrected chi connectivity index (χ2v) is 6.39. The number of rotatable bonds is 5. The lowest BCUT2D eigenvalue weighted by Crippen LogP contribution is -2.48. The van der Waals surface area contributed by atoms with Gasteiger partial charge in [-0.1, -0.05) is 0 Å². The van der Waals surface area contributed by atoms with Crippen molar-refractivity contribution in [3.63, 3.8) is 0 Å². The molecule has 2 fully saturated rings. The van der Waals surface area contributed by atoms with Crippen LogP contribution in [0.3, 0.4) is 0 Å². The van der Waals surface area contributed by atoms with Gasteiger partial charge in [-0.2, -0.15) is 0 Å². The molecule has 0 aliphatic carbocycles. The molecule has 0 saturated carbocycles. The van der Waals surface area contributed by atoms with Crippen LogP contribution in [-0.2, 0) is 19.0 Å². The highest BCUT2D eigenvalue weighted by Gasteiger charge is 2.33. The van der Waals surface area contributed by atoms with Gasteiger partial charge in [-0.3, -0.25) is 9.69 Å². The number of ether oxygens (including phenoxy) is 3. The van der Waals surface area contributed by atoms with E-state index in [9.17, 15) is 4.79 Å². The van der Waals surface area contributed by atoms with Crippen LogP contribution in [0.5, 0.6) is 0 Å². The number of hydrogen-bond donors (Lipinski definition) is 0. The molecule has 5 nitrogen and oxygen atoms in total. The summed E-state index contributed by atoms with van der Waals surface area (Å²) in [5, 5.41) is 0. The molecular formula is C15H27NO4. The van der Waals surface area contributed by atoms with E-state index in [1.165, 1.54) is 7.11 Å². The minimum absolute atomic E-state index is 0.138. The largest absolute Gasteiger partial charge is 0.469 e. The first-order chi connectivity index (χ1) is 9.53. The SMILES string of the molecule is COC(=O)C(C)(C)CCN1CCO[C@H]([C@H]2CCCO2)C1. The Kier molecular flexibility index (Phi) is 5.41. The van der Waals surface area contributed by atoms with Crippen molar-refractivity contribution in [1.29, 1.82) is 0 Å². The van der Waals surface area contributed by atoms with Gasteiger partial charge in [-0.05, 0) is 39.7 Å². The van der Waals surface area contributed by atoms with Crippen LogP contribution in [0.15, 0.2) is 0 Å². The van der Waals surface area contributed by atoms with Gasteiger partial charge in [0.2, 0.25) is 0 Å². The molecule has 0 spiro atoms. The third-order valence-corrected chi connectivity index (χ3v) is 4.35. The van der Waals surface area contributed by atoms with Crippen LogP contribution in [0.2, 0.25) is 0 Å². The van der Waals surface area contributed by atoms with Gasteiger partial charge in [0.25, 0.3) is 0 Å². The van der Waals surface area contributed by atoms with E-state index >= 15 is 0 Å². The number of morpholine rings is 1. The first-order valence-corrected chi connectivity index (χ1v) is 7.57. The molecule has 2 heterocycles. The number of methoxy groups -OCH3 is 1. The van der Waals surface area contributed by atoms with Crippen molar-refractivity contribution in [2.75, 3.05) is 40.0 Å². The maximum atomic E-state index is 11.7. The number of carbonyl (C=O) groups is 1. The van der Waals surface area contributed by atoms with Crippen molar-refractivity contribution < 1.29 is 19.0 Å². The van der Waals surface area contributed by atoms with Crippen LogP contribution in [0.4, 0.5) is 0 Å². The molecule has 0 amide bonds. The molecule has 0 bridgehead atoms. The molecule has 5 heteroatoms. The maximum Gasteiger partial charge on any atom is 0.311 e. The van der Waals surface area contributed by atoms with E-state index in [1.54, 1.807) is 0 Å². The van der Waals surface area contributed by atoms with E-state index in [-0.39, 0.29) is 18.2 Å². The second-order valence-electron chi connectivity index (χ2n) is 6.39. The van der Waals surface area contributed by atoms with Crippen LogP contribution >= 0.6 is 0 Å². The van der Waals surface area contributed by atoms with Gasteiger partial charge in [-0.25, -0.2) is 0 Å². The lowest BCUT2D eigenvalue weighted by atomic mass is 9.89. The fraction of sp³-hybridized carbons (Fsp3) is 0.933. The van der Waals surface area contributed by atoms with Crippen LogP contribution in [0.25, 0.3) is 0 Å². The molecule has 0 N–H and O–H groups in total. The summed E-state index contributed by atoms with van der Waals surface area (Å²) in [5.74, 6) is -0.138. The first kappa shape index (κ1) is 15.7. The van der Waals surface area contributed by atoms with E-state index in [0.717, 1.165) is 52.1 Å². The van der Waals surface area contributed by atoms with Crippen LogP contribution < -0.4 is 0 Å². The maximum absolute atomic E-state index is 11.7. The molecule has 2 saturated heterocycles. The third kappa shape index (κ3) is 3.93. The average molecular weight is 285 g/mol. The Bertz CT molecular complexity index is 326. The highest BCUT2D eigenvalue weighted by molar-refractivity contribution is 5.75. The van der Waals surface area contributed by atoms with Gasteiger partial charge in [0.1, 0.15) is 0 Å². The molecule has 116 valence electrons. The van der Waals surface area contributed by atoms with Crippen LogP contribution in [0.1, 0.15) is 33.1 Å². The normalized spacial score (nSPS) is 28.6. The molecule has 0 radical (unpaired) electrons. The minimum atomic E-state index is -0.424. The molecule has 2 rings (SSSR count). The van der Waals surface area contributed by atoms with Crippen LogP contribution in [-0.4, -0.2) is 63.0 Å². The summed E-state index contributed by atoms with van der Waals surface area (Å²) in [6.07, 6.45) is 3.49. The highest BCUT2D eigenvalue weighted by atomic mass is 16.5. The summed E-state index contributed by atoms with van der Waals surface area (Å²) in [4.78, 5) is 14.1. The van der Waals surface area contributed by atoms with Crippen molar-refractivity contribution in [2.24, 2.45) is 5.41 Å². The number of hydrogen-bond acceptors (Lipinski definition) is 5. The molecule has 2 atom stereocenters. The fourth-order valence-corrected chi connectivity index (χ4v) is 2.87. The minimum Gasteiger partial charge on any atom is -0.469 e. The van der Waals surface area contributed by atoms with E-state index < -0.39 is 5.41 Å². The van der Waals surface area contributed by atoms with Gasteiger partial charge >= 0.3 is 5.97 Å². The van der Waals surface area contributed by atoms with Gasteiger partial charge in [0.05, 0.1) is 31.3 Å². The summed E-state index contributed by atoms with van der Waals surface area (Å²) in [6, 6.07) is 0. The Morgan fingerprint density at radius 3 is 2.70 bits per heavy atom. The summed E-state index contributed by atoms with van der Waals surface area (Å²) >= 11 is 0. The average Bonchev–Trinajstić information content (AvgIpc) is 2.99. The van der Waals surface area contributed by atoms with E-state index in [1.807, 2.05) is 13.8 Å². The predicted octanol–water partition coefficient (Wildman–Crippen LogP) is 1.46. The number of nitrogens with zero attached hydrogens (tertiary/aromatic N) is 1. The highest BCUT2D eigenvalue weighted by Crippen LogP contribution is 2.25. The molecule has 0 aromatic carbocycles. The molecule has 2 aliphatic heterocycles. The van der Waals surface area contributed by atoms with Crippen molar-refractivity contribution in [3.05, 3.63) is 0 Å². The quantitative estimate of drug-likeness (QED) is 0.716.